The van der Waals surface area contributed by atoms with E-state index in [1.54, 1.807) is 24.9 Å². The average Bonchev–Trinajstić information content (AvgIpc) is 2.98. The van der Waals surface area contributed by atoms with E-state index in [1.165, 1.54) is 0 Å². The third-order valence-corrected chi connectivity index (χ3v) is 2.57. The molecule has 0 atom stereocenters. The quantitative estimate of drug-likeness (QED) is 0.702. The fourth-order valence-electron chi connectivity index (χ4n) is 1.78. The van der Waals surface area contributed by atoms with Crippen molar-refractivity contribution in [3.05, 3.63) is 43.1 Å². The first-order valence-corrected chi connectivity index (χ1v) is 5.13. The van der Waals surface area contributed by atoms with Crippen molar-refractivity contribution in [2.24, 2.45) is 0 Å². The predicted octanol–water partition coefficient (Wildman–Crippen LogP) is 2.31. The number of rotatable bonds is 2. The Morgan fingerprint density at radius 1 is 1.12 bits per heavy atom. The molecule has 0 aliphatic heterocycles. The minimum atomic E-state index is 0.465. The largest absolute Gasteiger partial charge is 0.472 e. The van der Waals surface area contributed by atoms with Gasteiger partial charge in [0.1, 0.15) is 0 Å². The van der Waals surface area contributed by atoms with E-state index in [0.29, 0.717) is 5.82 Å². The molecule has 0 bridgehead atoms. The van der Waals surface area contributed by atoms with Crippen molar-refractivity contribution >= 4 is 5.82 Å². The van der Waals surface area contributed by atoms with Crippen LogP contribution in [0.15, 0.2) is 47.5 Å². The molecule has 0 aliphatic carbocycles. The van der Waals surface area contributed by atoms with Crippen LogP contribution in [-0.2, 0) is 0 Å². The third-order valence-electron chi connectivity index (χ3n) is 2.57. The highest BCUT2D eigenvalue weighted by Gasteiger charge is 2.14. The van der Waals surface area contributed by atoms with Gasteiger partial charge >= 0.3 is 0 Å². The van der Waals surface area contributed by atoms with Gasteiger partial charge in [-0.25, -0.2) is 0 Å². The Kier molecular flexibility index (Phi) is 2.15. The van der Waals surface area contributed by atoms with Crippen molar-refractivity contribution in [2.75, 3.05) is 5.73 Å². The number of furan rings is 1. The minimum Gasteiger partial charge on any atom is -0.472 e. The summed E-state index contributed by atoms with van der Waals surface area (Å²) in [6.45, 7) is 0. The lowest BCUT2D eigenvalue weighted by molar-refractivity contribution is 0.568. The standard InChI is InChI=1S/C12H10N4O/c13-12-10(8-1-4-14-5-2-8)11(15-16-12)9-3-6-17-7-9/h1-7H,(H3,13,15,16). The highest BCUT2D eigenvalue weighted by molar-refractivity contribution is 5.87. The van der Waals surface area contributed by atoms with Gasteiger partial charge in [-0.15, -0.1) is 0 Å². The van der Waals surface area contributed by atoms with Crippen LogP contribution in [0.5, 0.6) is 0 Å². The summed E-state index contributed by atoms with van der Waals surface area (Å²) >= 11 is 0. The maximum absolute atomic E-state index is 5.89. The van der Waals surface area contributed by atoms with Crippen molar-refractivity contribution in [2.45, 2.75) is 0 Å². The molecule has 0 aromatic carbocycles. The molecule has 0 saturated heterocycles. The first kappa shape index (κ1) is 9.65. The van der Waals surface area contributed by atoms with Gasteiger partial charge in [-0.05, 0) is 23.8 Å². The second-order valence-electron chi connectivity index (χ2n) is 3.61. The Balaban J connectivity index is 2.20. The third kappa shape index (κ3) is 1.57. The number of hydrogen-bond donors (Lipinski definition) is 2. The van der Waals surface area contributed by atoms with Crippen LogP contribution in [0, 0.1) is 0 Å². The van der Waals surface area contributed by atoms with Gasteiger partial charge in [0.25, 0.3) is 0 Å². The van der Waals surface area contributed by atoms with Gasteiger partial charge in [0, 0.05) is 18.0 Å². The molecule has 0 radical (unpaired) electrons. The predicted molar refractivity (Wildman–Crippen MR) is 63.9 cm³/mol. The van der Waals surface area contributed by atoms with Crippen LogP contribution in [0.3, 0.4) is 0 Å². The van der Waals surface area contributed by atoms with Crippen LogP contribution < -0.4 is 5.73 Å². The molecule has 3 N–H and O–H groups in total. The molecule has 0 unspecified atom stereocenters. The SMILES string of the molecule is Nc1n[nH]c(-c2ccoc2)c1-c1ccncc1. The summed E-state index contributed by atoms with van der Waals surface area (Å²) in [6.07, 6.45) is 6.71. The summed E-state index contributed by atoms with van der Waals surface area (Å²) in [7, 11) is 0. The molecule has 0 spiro atoms. The van der Waals surface area contributed by atoms with Crippen molar-refractivity contribution in [3.8, 4) is 22.4 Å². The van der Waals surface area contributed by atoms with E-state index in [1.807, 2.05) is 18.2 Å². The number of aromatic amines is 1. The van der Waals surface area contributed by atoms with E-state index in [0.717, 1.165) is 22.4 Å². The lowest BCUT2D eigenvalue weighted by atomic mass is 10.0. The van der Waals surface area contributed by atoms with Crippen LogP contribution in [0.4, 0.5) is 5.82 Å². The topological polar surface area (TPSA) is 80.7 Å². The molecule has 5 heteroatoms. The number of nitrogens with zero attached hydrogens (tertiary/aromatic N) is 2. The van der Waals surface area contributed by atoms with Crippen LogP contribution in [0.25, 0.3) is 22.4 Å². The Morgan fingerprint density at radius 3 is 2.65 bits per heavy atom. The number of H-pyrrole nitrogens is 1. The number of nitrogen functional groups attached to an aromatic ring is 1. The highest BCUT2D eigenvalue weighted by Crippen LogP contribution is 2.34. The van der Waals surface area contributed by atoms with Crippen molar-refractivity contribution in [3.63, 3.8) is 0 Å². The first-order chi connectivity index (χ1) is 8.36. The summed E-state index contributed by atoms with van der Waals surface area (Å²) in [5, 5.41) is 6.96. The summed E-state index contributed by atoms with van der Waals surface area (Å²) < 4.78 is 5.07. The molecule has 0 amide bonds. The Morgan fingerprint density at radius 2 is 1.94 bits per heavy atom. The summed E-state index contributed by atoms with van der Waals surface area (Å²) in [5.74, 6) is 0.465. The van der Waals surface area contributed by atoms with Gasteiger partial charge < -0.3 is 10.2 Å². The maximum atomic E-state index is 5.89. The van der Waals surface area contributed by atoms with Crippen molar-refractivity contribution < 1.29 is 4.42 Å². The van der Waals surface area contributed by atoms with Crippen LogP contribution in [-0.4, -0.2) is 15.2 Å². The molecule has 84 valence electrons. The van der Waals surface area contributed by atoms with Gasteiger partial charge in [0.05, 0.1) is 23.8 Å². The van der Waals surface area contributed by atoms with E-state index in [-0.39, 0.29) is 0 Å². The van der Waals surface area contributed by atoms with Crippen LogP contribution in [0.1, 0.15) is 0 Å². The number of nitrogens with one attached hydrogen (secondary N) is 1. The fraction of sp³-hybridized carbons (Fsp3) is 0. The molecular weight excluding hydrogens is 216 g/mol. The zero-order chi connectivity index (χ0) is 11.7. The fourth-order valence-corrected chi connectivity index (χ4v) is 1.78. The molecule has 5 nitrogen and oxygen atoms in total. The van der Waals surface area contributed by atoms with Crippen LogP contribution >= 0.6 is 0 Å². The lowest BCUT2D eigenvalue weighted by Gasteiger charge is -2.01. The summed E-state index contributed by atoms with van der Waals surface area (Å²) in [4.78, 5) is 3.99. The number of pyridine rings is 1. The minimum absolute atomic E-state index is 0.465. The first-order valence-electron chi connectivity index (χ1n) is 5.13. The van der Waals surface area contributed by atoms with E-state index in [9.17, 15) is 0 Å². The molecule has 3 aromatic heterocycles. The second kappa shape index (κ2) is 3.79. The summed E-state index contributed by atoms with van der Waals surface area (Å²) in [5.41, 5.74) is 9.50. The van der Waals surface area contributed by atoms with Crippen molar-refractivity contribution in [1.29, 1.82) is 0 Å². The zero-order valence-electron chi connectivity index (χ0n) is 8.92. The number of hydrogen-bond acceptors (Lipinski definition) is 4. The Bertz CT molecular complexity index is 613. The highest BCUT2D eigenvalue weighted by atomic mass is 16.3. The molecule has 0 saturated carbocycles. The van der Waals surface area contributed by atoms with Gasteiger partial charge in [-0.3, -0.25) is 10.1 Å². The lowest BCUT2D eigenvalue weighted by Crippen LogP contribution is -1.88. The van der Waals surface area contributed by atoms with E-state index >= 15 is 0 Å². The monoisotopic (exact) mass is 226 g/mol. The molecule has 3 rings (SSSR count). The smallest absolute Gasteiger partial charge is 0.153 e. The zero-order valence-corrected chi connectivity index (χ0v) is 8.92. The van der Waals surface area contributed by atoms with Gasteiger partial charge in [0.15, 0.2) is 5.82 Å². The number of aromatic nitrogens is 3. The molecule has 3 aromatic rings. The van der Waals surface area contributed by atoms with E-state index in [4.69, 9.17) is 10.2 Å². The summed E-state index contributed by atoms with van der Waals surface area (Å²) in [6, 6.07) is 5.65. The van der Waals surface area contributed by atoms with Gasteiger partial charge in [-0.2, -0.15) is 5.10 Å². The number of anilines is 1. The van der Waals surface area contributed by atoms with E-state index in [2.05, 4.69) is 15.2 Å². The molecule has 3 heterocycles. The van der Waals surface area contributed by atoms with Crippen LogP contribution in [0.2, 0.25) is 0 Å². The molecule has 0 aliphatic rings. The normalized spacial score (nSPS) is 10.6. The Labute approximate surface area is 97.3 Å². The maximum Gasteiger partial charge on any atom is 0.153 e. The van der Waals surface area contributed by atoms with Crippen molar-refractivity contribution in [1.82, 2.24) is 15.2 Å². The number of nitrogens with two attached hydrogens (primary N) is 1. The second-order valence-corrected chi connectivity index (χ2v) is 3.61. The van der Waals surface area contributed by atoms with Gasteiger partial charge in [0.2, 0.25) is 0 Å². The van der Waals surface area contributed by atoms with Gasteiger partial charge in [-0.1, -0.05) is 0 Å². The van der Waals surface area contributed by atoms with E-state index < -0.39 is 0 Å². The average molecular weight is 226 g/mol. The Hall–Kier alpha value is -2.56. The molecule has 0 fully saturated rings. The molecular formula is C12H10N4O. The molecule has 17 heavy (non-hydrogen) atoms.